The molecule has 0 aliphatic heterocycles. The number of carbonyl (C=O) groups is 1. The van der Waals surface area contributed by atoms with Gasteiger partial charge in [0.25, 0.3) is 0 Å². The number of para-hydroxylation sites is 3. The van der Waals surface area contributed by atoms with Gasteiger partial charge in [-0.05, 0) is 35.4 Å². The summed E-state index contributed by atoms with van der Waals surface area (Å²) in [4.78, 5) is 20.6. The van der Waals surface area contributed by atoms with Crippen LogP contribution in [0.2, 0.25) is 0 Å². The second kappa shape index (κ2) is 11.5. The van der Waals surface area contributed by atoms with Crippen LogP contribution in [-0.2, 0) is 19.7 Å². The van der Waals surface area contributed by atoms with Gasteiger partial charge in [0.05, 0.1) is 11.0 Å². The average molecular weight is 476 g/mol. The molecule has 36 heavy (non-hydrogen) atoms. The van der Waals surface area contributed by atoms with E-state index in [1.807, 2.05) is 66.7 Å². The molecule has 0 N–H and O–H groups in total. The van der Waals surface area contributed by atoms with E-state index in [4.69, 9.17) is 9.72 Å². The first-order valence-electron chi connectivity index (χ1n) is 12.2. The average Bonchev–Trinajstić information content (AvgIpc) is 3.31. The molecule has 4 aromatic carbocycles. The zero-order valence-electron chi connectivity index (χ0n) is 20.2. The number of nitrogens with zero attached hydrogens (tertiary/aromatic N) is 3. The van der Waals surface area contributed by atoms with E-state index in [-0.39, 0.29) is 12.5 Å². The number of carbonyl (C=O) groups excluding carboxylic acids is 1. The van der Waals surface area contributed by atoms with Crippen LogP contribution in [0, 0.1) is 0 Å². The van der Waals surface area contributed by atoms with E-state index in [9.17, 15) is 4.79 Å². The predicted octanol–water partition coefficient (Wildman–Crippen LogP) is 6.35. The third-order valence-electron chi connectivity index (χ3n) is 6.13. The molecule has 0 amide bonds. The Balaban J connectivity index is 1.35. The molecule has 1 heterocycles. The molecular formula is C31H29N3O2. The van der Waals surface area contributed by atoms with Crippen LogP contribution in [0.3, 0.4) is 0 Å². The Morgan fingerprint density at radius 1 is 0.722 bits per heavy atom. The van der Waals surface area contributed by atoms with Gasteiger partial charge in [0, 0.05) is 26.1 Å². The van der Waals surface area contributed by atoms with E-state index in [0.29, 0.717) is 18.8 Å². The highest BCUT2D eigenvalue weighted by Gasteiger charge is 2.18. The van der Waals surface area contributed by atoms with E-state index < -0.39 is 0 Å². The van der Waals surface area contributed by atoms with Crippen molar-refractivity contribution in [3.05, 3.63) is 132 Å². The van der Waals surface area contributed by atoms with Crippen LogP contribution >= 0.6 is 0 Å². The smallest absolute Gasteiger partial charge is 0.233 e. The number of fused-ring (bicyclic) bond motifs is 1. The first kappa shape index (κ1) is 23.5. The van der Waals surface area contributed by atoms with Crippen LogP contribution in [0.25, 0.3) is 11.0 Å². The molecule has 0 aliphatic carbocycles. The van der Waals surface area contributed by atoms with Crippen molar-refractivity contribution in [3.63, 3.8) is 0 Å². The molecule has 0 aliphatic rings. The number of imidazole rings is 1. The third-order valence-corrected chi connectivity index (χ3v) is 6.13. The summed E-state index contributed by atoms with van der Waals surface area (Å²) in [5.74, 6) is 1.38. The van der Waals surface area contributed by atoms with E-state index in [1.165, 1.54) is 11.1 Å². The second-order valence-corrected chi connectivity index (χ2v) is 8.78. The highest BCUT2D eigenvalue weighted by Crippen LogP contribution is 2.20. The molecule has 180 valence electrons. The van der Waals surface area contributed by atoms with Gasteiger partial charge < -0.3 is 4.74 Å². The van der Waals surface area contributed by atoms with Gasteiger partial charge in [-0.25, -0.2) is 4.98 Å². The Morgan fingerprint density at radius 3 is 1.92 bits per heavy atom. The lowest BCUT2D eigenvalue weighted by atomic mass is 10.1. The van der Waals surface area contributed by atoms with Gasteiger partial charge in [-0.2, -0.15) is 0 Å². The molecule has 0 saturated heterocycles. The summed E-state index contributed by atoms with van der Waals surface area (Å²) in [6.07, 6.45) is 0.373. The minimum Gasteiger partial charge on any atom is -0.486 e. The highest BCUT2D eigenvalue weighted by atomic mass is 16.5. The second-order valence-electron chi connectivity index (χ2n) is 8.78. The molecule has 1 aromatic heterocycles. The van der Waals surface area contributed by atoms with Gasteiger partial charge in [0.2, 0.25) is 5.91 Å². The lowest BCUT2D eigenvalue weighted by molar-refractivity contribution is 0.0875. The molecule has 5 aromatic rings. The van der Waals surface area contributed by atoms with Crippen molar-refractivity contribution in [2.75, 3.05) is 6.54 Å². The maximum Gasteiger partial charge on any atom is 0.233 e. The van der Waals surface area contributed by atoms with Gasteiger partial charge in [0.15, 0.2) is 5.82 Å². The quantitative estimate of drug-likeness (QED) is 0.236. The van der Waals surface area contributed by atoms with Crippen molar-refractivity contribution in [2.24, 2.45) is 0 Å². The monoisotopic (exact) mass is 475 g/mol. The van der Waals surface area contributed by atoms with Crippen LogP contribution in [0.1, 0.15) is 28.2 Å². The Hall–Kier alpha value is -4.22. The number of hydrogen-bond donors (Lipinski definition) is 0. The molecule has 0 fully saturated rings. The Bertz CT molecular complexity index is 1360. The van der Waals surface area contributed by atoms with Crippen LogP contribution in [0.5, 0.6) is 5.75 Å². The van der Waals surface area contributed by atoms with Gasteiger partial charge in [-0.15, -0.1) is 0 Å². The molecule has 5 heteroatoms. The standard InChI is InChI=1S/C31H29N3O2/c35-31(20-21-33(22-25-12-4-1-5-13-25)23-26-14-6-2-7-15-26)34-29-19-11-10-18-28(29)32-30(34)24-36-27-16-8-3-9-17-27/h1-19H,20-24H2. The molecule has 0 bridgehead atoms. The Labute approximate surface area is 211 Å². The van der Waals surface area contributed by atoms with Gasteiger partial charge in [0.1, 0.15) is 12.4 Å². The molecule has 0 spiro atoms. The van der Waals surface area contributed by atoms with E-state index in [2.05, 4.69) is 53.4 Å². The molecular weight excluding hydrogens is 446 g/mol. The van der Waals surface area contributed by atoms with E-state index in [0.717, 1.165) is 29.9 Å². The molecule has 0 radical (unpaired) electrons. The van der Waals surface area contributed by atoms with Crippen LogP contribution in [-0.4, -0.2) is 26.9 Å². The first-order valence-corrected chi connectivity index (χ1v) is 12.2. The third kappa shape index (κ3) is 5.88. The van der Waals surface area contributed by atoms with Gasteiger partial charge >= 0.3 is 0 Å². The van der Waals surface area contributed by atoms with Crippen molar-refractivity contribution < 1.29 is 9.53 Å². The largest absolute Gasteiger partial charge is 0.486 e. The number of aromatic nitrogens is 2. The van der Waals surface area contributed by atoms with E-state index >= 15 is 0 Å². The lowest BCUT2D eigenvalue weighted by Gasteiger charge is -2.22. The Kier molecular flexibility index (Phi) is 7.49. The number of benzene rings is 4. The number of rotatable bonds is 10. The predicted molar refractivity (Wildman–Crippen MR) is 143 cm³/mol. The minimum absolute atomic E-state index is 0.0153. The van der Waals surface area contributed by atoms with Crippen LogP contribution in [0.15, 0.2) is 115 Å². The normalized spacial score (nSPS) is 11.1. The summed E-state index contributed by atoms with van der Waals surface area (Å²) in [6.45, 7) is 2.41. The molecule has 5 nitrogen and oxygen atoms in total. The number of hydrogen-bond acceptors (Lipinski definition) is 4. The highest BCUT2D eigenvalue weighted by molar-refractivity contribution is 5.91. The van der Waals surface area contributed by atoms with Gasteiger partial charge in [-0.3, -0.25) is 14.3 Å². The Morgan fingerprint density at radius 2 is 1.28 bits per heavy atom. The lowest BCUT2D eigenvalue weighted by Crippen LogP contribution is -2.27. The molecule has 0 unspecified atom stereocenters. The summed E-state index contributed by atoms with van der Waals surface area (Å²) in [5.41, 5.74) is 4.06. The topological polar surface area (TPSA) is 47.4 Å². The fraction of sp³-hybridized carbons (Fsp3) is 0.161. The van der Waals surface area contributed by atoms with Gasteiger partial charge in [-0.1, -0.05) is 91.0 Å². The van der Waals surface area contributed by atoms with Crippen LogP contribution < -0.4 is 4.74 Å². The van der Waals surface area contributed by atoms with Crippen molar-refractivity contribution in [1.82, 2.24) is 14.5 Å². The fourth-order valence-corrected chi connectivity index (χ4v) is 4.38. The number of ether oxygens (including phenoxy) is 1. The molecule has 0 saturated carbocycles. The van der Waals surface area contributed by atoms with Crippen molar-refractivity contribution in [1.29, 1.82) is 0 Å². The summed E-state index contributed by atoms with van der Waals surface area (Å²) in [5, 5.41) is 0. The maximum absolute atomic E-state index is 13.6. The van der Waals surface area contributed by atoms with Crippen molar-refractivity contribution in [3.8, 4) is 5.75 Å². The maximum atomic E-state index is 13.6. The summed E-state index contributed by atoms with van der Waals surface area (Å²) < 4.78 is 7.67. The first-order chi connectivity index (χ1) is 17.8. The van der Waals surface area contributed by atoms with Crippen LogP contribution in [0.4, 0.5) is 0 Å². The van der Waals surface area contributed by atoms with E-state index in [1.54, 1.807) is 4.57 Å². The minimum atomic E-state index is 0.0153. The summed E-state index contributed by atoms with van der Waals surface area (Å²) in [6, 6.07) is 38.1. The van der Waals surface area contributed by atoms with Crippen molar-refractivity contribution >= 4 is 16.9 Å². The SMILES string of the molecule is O=C(CCN(Cc1ccccc1)Cc1ccccc1)n1c(COc2ccccc2)nc2ccccc21. The zero-order valence-corrected chi connectivity index (χ0v) is 20.2. The zero-order chi connectivity index (χ0) is 24.6. The summed E-state index contributed by atoms with van der Waals surface area (Å²) >= 11 is 0. The summed E-state index contributed by atoms with van der Waals surface area (Å²) in [7, 11) is 0. The fourth-order valence-electron chi connectivity index (χ4n) is 4.38. The molecule has 5 rings (SSSR count). The van der Waals surface area contributed by atoms with Crippen molar-refractivity contribution in [2.45, 2.75) is 26.1 Å². The molecule has 0 atom stereocenters.